The van der Waals surface area contributed by atoms with Crippen LogP contribution in [0, 0.1) is 0 Å². The number of aromatic amines is 1. The lowest BCUT2D eigenvalue weighted by Gasteiger charge is -2.10. The second kappa shape index (κ2) is 8.85. The molecule has 160 valence electrons. The van der Waals surface area contributed by atoms with E-state index in [1.807, 2.05) is 30.3 Å². The molecule has 0 atom stereocenters. The lowest BCUT2D eigenvalue weighted by atomic mass is 10.1. The van der Waals surface area contributed by atoms with Crippen LogP contribution in [-0.4, -0.2) is 27.8 Å². The molecule has 0 aliphatic heterocycles. The maximum absolute atomic E-state index is 5.40. The minimum atomic E-state index is 0.632. The van der Waals surface area contributed by atoms with Crippen molar-refractivity contribution >= 4 is 55.9 Å². The fourth-order valence-corrected chi connectivity index (χ4v) is 4.39. The quantitative estimate of drug-likeness (QED) is 0.264. The number of aromatic nitrogens is 2. The first-order valence-corrected chi connectivity index (χ1v) is 11.2. The Kier molecular flexibility index (Phi) is 5.60. The van der Waals surface area contributed by atoms with Crippen LogP contribution in [0.1, 0.15) is 6.42 Å². The van der Waals surface area contributed by atoms with Gasteiger partial charge in [-0.05, 0) is 42.9 Å². The monoisotopic (exact) mass is 439 g/mol. The first-order valence-electron chi connectivity index (χ1n) is 10.8. The number of hydrogen-bond donors (Lipinski definition) is 3. The zero-order valence-electron chi connectivity index (χ0n) is 17.9. The summed E-state index contributed by atoms with van der Waals surface area (Å²) in [6.45, 7) is 1.48. The van der Waals surface area contributed by atoms with Crippen LogP contribution in [-0.2, 0) is 7.05 Å². The van der Waals surface area contributed by atoms with E-state index in [9.17, 15) is 0 Å². The molecule has 0 fully saturated rings. The highest BCUT2D eigenvalue weighted by molar-refractivity contribution is 7.80. The van der Waals surface area contributed by atoms with Crippen molar-refractivity contribution in [3.63, 3.8) is 0 Å². The van der Waals surface area contributed by atoms with Gasteiger partial charge in [-0.25, -0.2) is 0 Å². The van der Waals surface area contributed by atoms with Crippen molar-refractivity contribution in [2.45, 2.75) is 6.42 Å². The normalized spacial score (nSPS) is 12.0. The summed E-state index contributed by atoms with van der Waals surface area (Å²) in [4.78, 5) is 8.65. The summed E-state index contributed by atoms with van der Waals surface area (Å²) in [6.07, 6.45) is 0.885. The van der Waals surface area contributed by atoms with Gasteiger partial charge in [0, 0.05) is 42.1 Å². The summed E-state index contributed by atoms with van der Waals surface area (Å²) in [7, 11) is 2.11. The van der Waals surface area contributed by atoms with Crippen LogP contribution < -0.4 is 16.0 Å². The smallest absolute Gasteiger partial charge is 0.170 e. The van der Waals surface area contributed by atoms with Gasteiger partial charge >= 0.3 is 0 Å². The number of rotatable bonds is 5. The molecule has 3 N–H and O–H groups in total. The number of anilines is 1. The van der Waals surface area contributed by atoms with Gasteiger partial charge in [0.05, 0.1) is 16.3 Å². The Labute approximate surface area is 191 Å². The van der Waals surface area contributed by atoms with Gasteiger partial charge in [-0.1, -0.05) is 54.6 Å². The Morgan fingerprint density at radius 1 is 0.938 bits per heavy atom. The molecule has 0 spiro atoms. The number of hydrogen-bond acceptors (Lipinski definition) is 2. The Balaban J connectivity index is 1.41. The molecule has 0 amide bonds. The second-order valence-corrected chi connectivity index (χ2v) is 8.21. The number of benzene rings is 3. The van der Waals surface area contributed by atoms with E-state index in [-0.39, 0.29) is 0 Å². The van der Waals surface area contributed by atoms with Crippen molar-refractivity contribution in [3.8, 4) is 0 Å². The van der Waals surface area contributed by atoms with E-state index >= 15 is 0 Å². The molecule has 5 aromatic rings. The average Bonchev–Trinajstić information content (AvgIpc) is 3.21. The number of pyridine rings is 1. The zero-order chi connectivity index (χ0) is 21.9. The molecular weight excluding hydrogens is 414 g/mol. The summed E-state index contributed by atoms with van der Waals surface area (Å²) in [5, 5.41) is 11.7. The first kappa shape index (κ1) is 20.3. The van der Waals surface area contributed by atoms with Crippen LogP contribution in [0.25, 0.3) is 32.8 Å². The average molecular weight is 440 g/mol. The summed E-state index contributed by atoms with van der Waals surface area (Å²) in [5.41, 5.74) is 4.37. The molecule has 0 radical (unpaired) electrons. The molecule has 0 bridgehead atoms. The molecule has 2 aromatic heterocycles. The second-order valence-electron chi connectivity index (χ2n) is 7.80. The Bertz CT molecular complexity index is 1480. The van der Waals surface area contributed by atoms with Crippen LogP contribution >= 0.6 is 12.2 Å². The van der Waals surface area contributed by atoms with Gasteiger partial charge in [-0.15, -0.1) is 0 Å². The highest BCUT2D eigenvalue weighted by Gasteiger charge is 2.12. The van der Waals surface area contributed by atoms with E-state index in [4.69, 9.17) is 17.2 Å². The van der Waals surface area contributed by atoms with Crippen LogP contribution in [0.3, 0.4) is 0 Å². The molecule has 0 aliphatic carbocycles. The summed E-state index contributed by atoms with van der Waals surface area (Å²) in [5.74, 6) is 0. The van der Waals surface area contributed by atoms with Crippen molar-refractivity contribution in [2.24, 2.45) is 12.0 Å². The first-order chi connectivity index (χ1) is 15.7. The fourth-order valence-electron chi connectivity index (χ4n) is 4.17. The molecule has 5 nitrogen and oxygen atoms in total. The van der Waals surface area contributed by atoms with Gasteiger partial charge in [0.15, 0.2) is 5.11 Å². The molecular formula is C26H25N5S. The van der Waals surface area contributed by atoms with Crippen LogP contribution in [0.4, 0.5) is 5.69 Å². The minimum Gasteiger partial charge on any atom is -0.362 e. The van der Waals surface area contributed by atoms with Crippen molar-refractivity contribution in [1.29, 1.82) is 0 Å². The van der Waals surface area contributed by atoms with E-state index < -0.39 is 0 Å². The van der Waals surface area contributed by atoms with Crippen molar-refractivity contribution in [2.75, 3.05) is 18.4 Å². The Morgan fingerprint density at radius 3 is 2.50 bits per heavy atom. The number of nitrogens with one attached hydrogen (secondary N) is 3. The van der Waals surface area contributed by atoms with Crippen molar-refractivity contribution in [3.05, 3.63) is 84.2 Å². The van der Waals surface area contributed by atoms with E-state index in [0.29, 0.717) is 11.7 Å². The number of para-hydroxylation sites is 3. The van der Waals surface area contributed by atoms with Crippen molar-refractivity contribution in [1.82, 2.24) is 14.9 Å². The minimum absolute atomic E-state index is 0.632. The molecule has 32 heavy (non-hydrogen) atoms. The van der Waals surface area contributed by atoms with E-state index in [1.165, 1.54) is 16.2 Å². The molecule has 3 aromatic carbocycles. The third-order valence-corrected chi connectivity index (χ3v) is 5.95. The third kappa shape index (κ3) is 3.85. The maximum Gasteiger partial charge on any atom is 0.170 e. The van der Waals surface area contributed by atoms with E-state index in [0.717, 1.165) is 40.7 Å². The molecule has 0 saturated carbocycles. The van der Waals surface area contributed by atoms with Gasteiger partial charge in [0.1, 0.15) is 5.65 Å². The predicted molar refractivity (Wildman–Crippen MR) is 138 cm³/mol. The van der Waals surface area contributed by atoms with Gasteiger partial charge in [0.25, 0.3) is 0 Å². The lowest BCUT2D eigenvalue weighted by molar-refractivity contribution is 0.779. The van der Waals surface area contributed by atoms with Crippen LogP contribution in [0.5, 0.6) is 0 Å². The van der Waals surface area contributed by atoms with E-state index in [1.54, 1.807) is 0 Å². The van der Waals surface area contributed by atoms with Gasteiger partial charge < -0.3 is 20.2 Å². The maximum atomic E-state index is 5.40. The highest BCUT2D eigenvalue weighted by atomic mass is 32.1. The molecule has 5 rings (SSSR count). The fraction of sp³-hybridized carbons (Fsp3) is 0.154. The highest BCUT2D eigenvalue weighted by Crippen LogP contribution is 2.25. The predicted octanol–water partition coefficient (Wildman–Crippen LogP) is 5.09. The standard InChI is InChI=1S/C26H25N5S/c1-31-22-15-8-6-13-20(22)24(23-19-12-5-7-14-21(19)30-25(23)31)27-16-9-17-28-26(32)29-18-10-3-2-4-11-18/h2-8,10-15,30H,9,16-17H2,1H3,(H2,28,29,32). The van der Waals surface area contributed by atoms with Gasteiger partial charge in [-0.2, -0.15) is 0 Å². The van der Waals surface area contributed by atoms with E-state index in [2.05, 4.69) is 75.8 Å². The molecule has 0 saturated heterocycles. The SMILES string of the molecule is Cn1c2ccccc2c(=NCCCNC(=S)Nc2ccccc2)c2c3ccccc3[nH]c21. The lowest BCUT2D eigenvalue weighted by Crippen LogP contribution is -2.29. The number of H-pyrrole nitrogens is 1. The molecule has 0 aliphatic rings. The van der Waals surface area contributed by atoms with Crippen LogP contribution in [0.2, 0.25) is 0 Å². The van der Waals surface area contributed by atoms with Gasteiger partial charge in [-0.3, -0.25) is 4.99 Å². The number of nitrogens with zero attached hydrogens (tertiary/aromatic N) is 2. The Morgan fingerprint density at radius 2 is 1.66 bits per heavy atom. The number of thiocarbonyl (C=S) groups is 1. The molecule has 6 heteroatoms. The van der Waals surface area contributed by atoms with Crippen LogP contribution in [0.15, 0.2) is 83.9 Å². The summed E-state index contributed by atoms with van der Waals surface area (Å²) in [6, 6.07) is 26.8. The molecule has 2 heterocycles. The van der Waals surface area contributed by atoms with Crippen molar-refractivity contribution < 1.29 is 0 Å². The number of fused-ring (bicyclic) bond motifs is 4. The Hall–Kier alpha value is -3.64. The topological polar surface area (TPSA) is 57.1 Å². The summed E-state index contributed by atoms with van der Waals surface area (Å²) < 4.78 is 2.22. The number of aryl methyl sites for hydroxylation is 1. The summed E-state index contributed by atoms with van der Waals surface area (Å²) >= 11 is 5.40. The molecule has 0 unspecified atom stereocenters. The third-order valence-electron chi connectivity index (χ3n) is 5.70. The zero-order valence-corrected chi connectivity index (χ0v) is 18.7. The van der Waals surface area contributed by atoms with Gasteiger partial charge in [0.2, 0.25) is 0 Å². The largest absolute Gasteiger partial charge is 0.362 e.